The number of aryl methyl sites for hydroxylation is 2. The molecule has 5 heteroatoms. The quantitative estimate of drug-likeness (QED) is 0.701. The molecular formula is C19H21N5. The van der Waals surface area contributed by atoms with E-state index in [2.05, 4.69) is 39.4 Å². The summed E-state index contributed by atoms with van der Waals surface area (Å²) in [6, 6.07) is 13.9. The van der Waals surface area contributed by atoms with E-state index in [-0.39, 0.29) is 0 Å². The van der Waals surface area contributed by atoms with E-state index in [9.17, 15) is 0 Å². The lowest BCUT2D eigenvalue weighted by molar-refractivity contribution is 1.11. The molecule has 0 radical (unpaired) electrons. The average Bonchev–Trinajstić information content (AvgIpc) is 2.62. The zero-order valence-corrected chi connectivity index (χ0v) is 14.0. The molecule has 0 bridgehead atoms. The first-order valence-corrected chi connectivity index (χ1v) is 8.17. The van der Waals surface area contributed by atoms with E-state index in [4.69, 9.17) is 0 Å². The normalized spacial score (nSPS) is 10.4. The zero-order chi connectivity index (χ0) is 16.8. The van der Waals surface area contributed by atoms with E-state index in [1.165, 1.54) is 11.1 Å². The number of rotatable bonds is 6. The number of pyridine rings is 3. The second kappa shape index (κ2) is 7.55. The largest absolute Gasteiger partial charge is 0.325 e. The number of nitrogens with zero attached hydrogens (tertiary/aromatic N) is 3. The summed E-state index contributed by atoms with van der Waals surface area (Å²) in [4.78, 5) is 13.2. The summed E-state index contributed by atoms with van der Waals surface area (Å²) in [7, 11) is 0. The molecule has 24 heavy (non-hydrogen) atoms. The second-order valence-electron chi connectivity index (χ2n) is 5.46. The van der Waals surface area contributed by atoms with Crippen LogP contribution in [0.4, 0.5) is 23.3 Å². The fourth-order valence-electron chi connectivity index (χ4n) is 2.36. The highest BCUT2D eigenvalue weighted by molar-refractivity contribution is 5.58. The lowest BCUT2D eigenvalue weighted by Crippen LogP contribution is -2.00. The molecular weight excluding hydrogens is 298 g/mol. The number of hydrogen-bond donors (Lipinski definition) is 2. The Bertz CT molecular complexity index is 751. The molecule has 0 aromatic carbocycles. The second-order valence-corrected chi connectivity index (χ2v) is 5.46. The lowest BCUT2D eigenvalue weighted by atomic mass is 10.2. The summed E-state index contributed by atoms with van der Waals surface area (Å²) >= 11 is 0. The van der Waals surface area contributed by atoms with Crippen LogP contribution in [-0.2, 0) is 12.8 Å². The maximum atomic E-state index is 4.57. The summed E-state index contributed by atoms with van der Waals surface area (Å²) < 4.78 is 0. The van der Waals surface area contributed by atoms with Crippen molar-refractivity contribution in [2.24, 2.45) is 0 Å². The maximum Gasteiger partial charge on any atom is 0.133 e. The molecule has 3 aromatic heterocycles. The van der Waals surface area contributed by atoms with Crippen LogP contribution >= 0.6 is 0 Å². The van der Waals surface area contributed by atoms with Crippen LogP contribution in [0.3, 0.4) is 0 Å². The van der Waals surface area contributed by atoms with Crippen molar-refractivity contribution >= 4 is 23.3 Å². The monoisotopic (exact) mass is 319 g/mol. The summed E-state index contributed by atoms with van der Waals surface area (Å²) in [5.41, 5.74) is 2.48. The van der Waals surface area contributed by atoms with Gasteiger partial charge in [0.2, 0.25) is 0 Å². The molecule has 0 spiro atoms. The van der Waals surface area contributed by atoms with Gasteiger partial charge in [-0.3, -0.25) is 0 Å². The number of anilines is 4. The molecule has 5 nitrogen and oxygen atoms in total. The Morgan fingerprint density at radius 3 is 1.67 bits per heavy atom. The van der Waals surface area contributed by atoms with Crippen LogP contribution in [0.25, 0.3) is 0 Å². The van der Waals surface area contributed by atoms with Crippen LogP contribution in [0.15, 0.2) is 54.9 Å². The topological polar surface area (TPSA) is 62.7 Å². The summed E-state index contributed by atoms with van der Waals surface area (Å²) in [6.07, 6.45) is 5.57. The highest BCUT2D eigenvalue weighted by atomic mass is 15.1. The predicted octanol–water partition coefficient (Wildman–Crippen LogP) is 4.48. The van der Waals surface area contributed by atoms with E-state index >= 15 is 0 Å². The van der Waals surface area contributed by atoms with E-state index in [0.717, 1.165) is 36.1 Å². The SMILES string of the molecule is CCc1ccnc(Nc2cccc(Nc3cc(CC)ccn3)n2)c1. The van der Waals surface area contributed by atoms with Gasteiger partial charge in [0.1, 0.15) is 23.3 Å². The van der Waals surface area contributed by atoms with E-state index in [1.54, 1.807) is 0 Å². The van der Waals surface area contributed by atoms with Gasteiger partial charge in [0.05, 0.1) is 0 Å². The van der Waals surface area contributed by atoms with E-state index in [1.807, 2.05) is 54.9 Å². The average molecular weight is 319 g/mol. The Kier molecular flexibility index (Phi) is 5.01. The molecule has 0 aliphatic rings. The van der Waals surface area contributed by atoms with Gasteiger partial charge in [0, 0.05) is 12.4 Å². The summed E-state index contributed by atoms with van der Waals surface area (Å²) in [6.45, 7) is 4.25. The number of hydrogen-bond acceptors (Lipinski definition) is 5. The number of aromatic nitrogens is 3. The van der Waals surface area contributed by atoms with Crippen molar-refractivity contribution in [1.82, 2.24) is 15.0 Å². The molecule has 3 rings (SSSR count). The molecule has 0 aliphatic heterocycles. The van der Waals surface area contributed by atoms with Crippen molar-refractivity contribution in [3.05, 3.63) is 66.0 Å². The van der Waals surface area contributed by atoms with Gasteiger partial charge in [-0.1, -0.05) is 19.9 Å². The first-order chi connectivity index (χ1) is 11.8. The van der Waals surface area contributed by atoms with Crippen LogP contribution < -0.4 is 10.6 Å². The van der Waals surface area contributed by atoms with Gasteiger partial charge in [-0.2, -0.15) is 0 Å². The van der Waals surface area contributed by atoms with Gasteiger partial charge >= 0.3 is 0 Å². The van der Waals surface area contributed by atoms with Crippen LogP contribution in [0, 0.1) is 0 Å². The molecule has 0 atom stereocenters. The van der Waals surface area contributed by atoms with Crippen molar-refractivity contribution in [3.63, 3.8) is 0 Å². The van der Waals surface area contributed by atoms with E-state index in [0.29, 0.717) is 0 Å². The maximum absolute atomic E-state index is 4.57. The molecule has 0 aliphatic carbocycles. The van der Waals surface area contributed by atoms with Crippen LogP contribution in [-0.4, -0.2) is 15.0 Å². The van der Waals surface area contributed by atoms with Crippen molar-refractivity contribution in [2.45, 2.75) is 26.7 Å². The van der Waals surface area contributed by atoms with Crippen LogP contribution in [0.5, 0.6) is 0 Å². The smallest absolute Gasteiger partial charge is 0.133 e. The van der Waals surface area contributed by atoms with Crippen molar-refractivity contribution in [2.75, 3.05) is 10.6 Å². The fraction of sp³-hybridized carbons (Fsp3) is 0.211. The van der Waals surface area contributed by atoms with Gasteiger partial charge in [-0.15, -0.1) is 0 Å². The minimum Gasteiger partial charge on any atom is -0.325 e. The minimum absolute atomic E-state index is 0.743. The molecule has 122 valence electrons. The summed E-state index contributed by atoms with van der Waals surface area (Å²) in [5, 5.41) is 6.49. The van der Waals surface area contributed by atoms with E-state index < -0.39 is 0 Å². The van der Waals surface area contributed by atoms with Gasteiger partial charge in [0.25, 0.3) is 0 Å². The first-order valence-electron chi connectivity index (χ1n) is 8.17. The Hall–Kier alpha value is -2.95. The molecule has 0 amide bonds. The van der Waals surface area contributed by atoms with Gasteiger partial charge in [-0.05, 0) is 60.4 Å². The fourth-order valence-corrected chi connectivity index (χ4v) is 2.36. The Morgan fingerprint density at radius 1 is 0.708 bits per heavy atom. The third kappa shape index (κ3) is 4.07. The third-order valence-corrected chi connectivity index (χ3v) is 3.73. The van der Waals surface area contributed by atoms with Crippen molar-refractivity contribution in [1.29, 1.82) is 0 Å². The molecule has 0 saturated heterocycles. The predicted molar refractivity (Wildman–Crippen MR) is 98.0 cm³/mol. The summed E-state index contributed by atoms with van der Waals surface area (Å²) in [5.74, 6) is 3.08. The zero-order valence-electron chi connectivity index (χ0n) is 14.0. The first kappa shape index (κ1) is 15.9. The third-order valence-electron chi connectivity index (χ3n) is 3.73. The molecule has 3 heterocycles. The lowest BCUT2D eigenvalue weighted by Gasteiger charge is -2.09. The Labute approximate surface area is 142 Å². The standard InChI is InChI=1S/C19H21N5/c1-3-14-8-10-20-18(12-14)23-16-6-5-7-17(22-16)24-19-13-15(4-2)9-11-21-19/h5-13H,3-4H2,1-2H3,(H2,20,21,22,23,24). The Morgan fingerprint density at radius 2 is 1.21 bits per heavy atom. The molecule has 0 fully saturated rings. The number of nitrogens with one attached hydrogen (secondary N) is 2. The molecule has 0 saturated carbocycles. The van der Waals surface area contributed by atoms with Gasteiger partial charge in [0.15, 0.2) is 0 Å². The highest BCUT2D eigenvalue weighted by Crippen LogP contribution is 2.18. The molecule has 2 N–H and O–H groups in total. The van der Waals surface area contributed by atoms with Crippen LogP contribution in [0.2, 0.25) is 0 Å². The highest BCUT2D eigenvalue weighted by Gasteiger charge is 2.02. The Balaban J connectivity index is 1.76. The molecule has 3 aromatic rings. The van der Waals surface area contributed by atoms with Crippen molar-refractivity contribution in [3.8, 4) is 0 Å². The molecule has 0 unspecified atom stereocenters. The minimum atomic E-state index is 0.743. The van der Waals surface area contributed by atoms with Crippen molar-refractivity contribution < 1.29 is 0 Å². The van der Waals surface area contributed by atoms with Crippen LogP contribution in [0.1, 0.15) is 25.0 Å². The van der Waals surface area contributed by atoms with Gasteiger partial charge in [-0.25, -0.2) is 15.0 Å². The van der Waals surface area contributed by atoms with Gasteiger partial charge < -0.3 is 10.6 Å².